The van der Waals surface area contributed by atoms with E-state index in [4.69, 9.17) is 11.6 Å². The molecule has 0 spiro atoms. The van der Waals surface area contributed by atoms with E-state index in [1.165, 1.54) is 6.20 Å². The molecule has 0 aliphatic carbocycles. The maximum Gasteiger partial charge on any atom is 0.252 e. The third kappa shape index (κ3) is 3.45. The van der Waals surface area contributed by atoms with Gasteiger partial charge >= 0.3 is 0 Å². The van der Waals surface area contributed by atoms with Crippen LogP contribution in [0.25, 0.3) is 0 Å². The summed E-state index contributed by atoms with van der Waals surface area (Å²) in [5, 5.41) is 10.1. The molecule has 2 heterocycles. The fraction of sp³-hybridized carbons (Fsp3) is 0.333. The van der Waals surface area contributed by atoms with Crippen LogP contribution in [-0.2, 0) is 13.5 Å². The number of hydrogen-bond acceptors (Lipinski definition) is 5. The zero-order valence-corrected chi connectivity index (χ0v) is 12.0. The zero-order valence-electron chi connectivity index (χ0n) is 11.2. The molecule has 0 aliphatic heterocycles. The fourth-order valence-corrected chi connectivity index (χ4v) is 1.90. The Hall–Kier alpha value is -2.15. The Morgan fingerprint density at radius 1 is 1.45 bits per heavy atom. The molecule has 20 heavy (non-hydrogen) atoms. The van der Waals surface area contributed by atoms with Crippen LogP contribution in [0.2, 0.25) is 5.02 Å². The highest BCUT2D eigenvalue weighted by Gasteiger charge is 2.09. The van der Waals surface area contributed by atoms with Crippen molar-refractivity contribution >= 4 is 23.3 Å². The Balaban J connectivity index is 1.90. The lowest BCUT2D eigenvalue weighted by molar-refractivity contribution is 0.0953. The van der Waals surface area contributed by atoms with E-state index < -0.39 is 0 Å². The molecule has 0 atom stereocenters. The van der Waals surface area contributed by atoms with Crippen LogP contribution >= 0.6 is 11.6 Å². The minimum absolute atomic E-state index is 0.224. The smallest absolute Gasteiger partial charge is 0.252 e. The third-order valence-electron chi connectivity index (χ3n) is 2.62. The van der Waals surface area contributed by atoms with Crippen molar-refractivity contribution in [2.24, 2.45) is 7.05 Å². The lowest BCUT2D eigenvalue weighted by atomic mass is 10.2. The van der Waals surface area contributed by atoms with Gasteiger partial charge in [-0.25, -0.2) is 9.97 Å². The number of aryl methyl sites for hydroxylation is 1. The van der Waals surface area contributed by atoms with E-state index in [9.17, 15) is 4.79 Å². The van der Waals surface area contributed by atoms with Crippen LogP contribution in [-0.4, -0.2) is 39.2 Å². The van der Waals surface area contributed by atoms with Gasteiger partial charge in [0.15, 0.2) is 5.82 Å². The molecule has 0 bridgehead atoms. The first kappa shape index (κ1) is 14.3. The van der Waals surface area contributed by atoms with Crippen molar-refractivity contribution in [3.63, 3.8) is 0 Å². The van der Waals surface area contributed by atoms with Crippen LogP contribution in [0.15, 0.2) is 18.6 Å². The highest BCUT2D eigenvalue weighted by atomic mass is 35.5. The first-order chi connectivity index (χ1) is 9.60. The SMILES string of the molecule is CNc1ncc(C(=O)NCCc2ncn(C)n2)cc1Cl. The van der Waals surface area contributed by atoms with Gasteiger partial charge in [-0.15, -0.1) is 0 Å². The molecule has 1 amide bonds. The maximum atomic E-state index is 11.9. The summed E-state index contributed by atoms with van der Waals surface area (Å²) in [6, 6.07) is 1.58. The number of anilines is 1. The number of hydrogen-bond donors (Lipinski definition) is 2. The van der Waals surface area contributed by atoms with Gasteiger partial charge in [-0.1, -0.05) is 11.6 Å². The Labute approximate surface area is 121 Å². The Bertz CT molecular complexity index is 612. The minimum Gasteiger partial charge on any atom is -0.372 e. The standard InChI is InChI=1S/C12H15ClN6O/c1-14-11-9(13)5-8(6-16-11)12(20)15-4-3-10-17-7-19(2)18-10/h5-7H,3-4H2,1-2H3,(H,14,16)(H,15,20). The molecule has 0 aliphatic rings. The molecule has 2 rings (SSSR count). The topological polar surface area (TPSA) is 84.7 Å². The van der Waals surface area contributed by atoms with Crippen molar-refractivity contribution in [2.45, 2.75) is 6.42 Å². The number of halogens is 1. The van der Waals surface area contributed by atoms with Crippen LogP contribution in [0.4, 0.5) is 5.82 Å². The van der Waals surface area contributed by atoms with E-state index in [2.05, 4.69) is 25.7 Å². The number of nitrogens with one attached hydrogen (secondary N) is 2. The van der Waals surface area contributed by atoms with E-state index in [0.717, 1.165) is 0 Å². The van der Waals surface area contributed by atoms with Crippen LogP contribution in [0.3, 0.4) is 0 Å². The molecule has 106 valence electrons. The van der Waals surface area contributed by atoms with Gasteiger partial charge in [-0.2, -0.15) is 5.10 Å². The van der Waals surface area contributed by atoms with Crippen molar-refractivity contribution in [1.29, 1.82) is 0 Å². The van der Waals surface area contributed by atoms with Gasteiger partial charge in [-0.05, 0) is 6.07 Å². The lowest BCUT2D eigenvalue weighted by Gasteiger charge is -2.06. The molecule has 0 unspecified atom stereocenters. The monoisotopic (exact) mass is 294 g/mol. The molecule has 2 N–H and O–H groups in total. The highest BCUT2D eigenvalue weighted by molar-refractivity contribution is 6.33. The maximum absolute atomic E-state index is 11.9. The summed E-state index contributed by atoms with van der Waals surface area (Å²) in [6.07, 6.45) is 3.67. The summed E-state index contributed by atoms with van der Waals surface area (Å²) in [7, 11) is 3.51. The number of amides is 1. The van der Waals surface area contributed by atoms with Gasteiger partial charge in [0.05, 0.1) is 10.6 Å². The van der Waals surface area contributed by atoms with Gasteiger partial charge in [0.25, 0.3) is 5.91 Å². The molecule has 7 nitrogen and oxygen atoms in total. The average Bonchev–Trinajstić information content (AvgIpc) is 2.84. The van der Waals surface area contributed by atoms with Gasteiger partial charge < -0.3 is 10.6 Å². The molecule has 0 aromatic carbocycles. The summed E-state index contributed by atoms with van der Waals surface area (Å²) in [6.45, 7) is 0.453. The number of rotatable bonds is 5. The Morgan fingerprint density at radius 3 is 2.85 bits per heavy atom. The van der Waals surface area contributed by atoms with Gasteiger partial charge in [0, 0.05) is 33.3 Å². The third-order valence-corrected chi connectivity index (χ3v) is 2.91. The molecular weight excluding hydrogens is 280 g/mol. The summed E-state index contributed by atoms with van der Waals surface area (Å²) >= 11 is 5.98. The molecule has 0 fully saturated rings. The summed E-state index contributed by atoms with van der Waals surface area (Å²) in [4.78, 5) is 20.1. The molecular formula is C12H15ClN6O. The molecule has 0 saturated heterocycles. The van der Waals surface area contributed by atoms with Crippen molar-refractivity contribution < 1.29 is 4.79 Å². The normalized spacial score (nSPS) is 10.3. The van der Waals surface area contributed by atoms with E-state index in [-0.39, 0.29) is 5.91 Å². The molecule has 0 radical (unpaired) electrons. The van der Waals surface area contributed by atoms with Crippen molar-refractivity contribution in [3.05, 3.63) is 35.0 Å². The van der Waals surface area contributed by atoms with E-state index in [1.807, 2.05) is 0 Å². The number of carbonyl (C=O) groups is 1. The fourth-order valence-electron chi connectivity index (χ4n) is 1.63. The van der Waals surface area contributed by atoms with Crippen LogP contribution < -0.4 is 10.6 Å². The first-order valence-corrected chi connectivity index (χ1v) is 6.44. The van der Waals surface area contributed by atoms with Crippen LogP contribution in [0.5, 0.6) is 0 Å². The second-order valence-electron chi connectivity index (χ2n) is 4.14. The van der Waals surface area contributed by atoms with Crippen LogP contribution in [0, 0.1) is 0 Å². The first-order valence-electron chi connectivity index (χ1n) is 6.06. The van der Waals surface area contributed by atoms with Gasteiger partial charge in [0.2, 0.25) is 0 Å². The van der Waals surface area contributed by atoms with Gasteiger partial charge in [0.1, 0.15) is 12.1 Å². The summed E-state index contributed by atoms with van der Waals surface area (Å²) < 4.78 is 1.62. The van der Waals surface area contributed by atoms with Crippen LogP contribution in [0.1, 0.15) is 16.2 Å². The quantitative estimate of drug-likeness (QED) is 0.855. The predicted octanol–water partition coefficient (Wildman–Crippen LogP) is 0.878. The zero-order chi connectivity index (χ0) is 14.5. The second-order valence-corrected chi connectivity index (χ2v) is 4.55. The van der Waals surface area contributed by atoms with Crippen molar-refractivity contribution in [3.8, 4) is 0 Å². The van der Waals surface area contributed by atoms with Crippen molar-refractivity contribution in [1.82, 2.24) is 25.1 Å². The Morgan fingerprint density at radius 2 is 2.25 bits per heavy atom. The second kappa shape index (κ2) is 6.33. The van der Waals surface area contributed by atoms with E-state index in [0.29, 0.717) is 35.2 Å². The molecule has 8 heteroatoms. The van der Waals surface area contributed by atoms with Crippen molar-refractivity contribution in [2.75, 3.05) is 18.9 Å². The number of pyridine rings is 1. The van der Waals surface area contributed by atoms with E-state index >= 15 is 0 Å². The highest BCUT2D eigenvalue weighted by Crippen LogP contribution is 2.19. The lowest BCUT2D eigenvalue weighted by Crippen LogP contribution is -2.26. The Kier molecular flexibility index (Phi) is 4.52. The number of aromatic nitrogens is 4. The molecule has 2 aromatic rings. The summed E-state index contributed by atoms with van der Waals surface area (Å²) in [5.41, 5.74) is 0.419. The summed E-state index contributed by atoms with van der Waals surface area (Å²) in [5.74, 6) is 1.01. The van der Waals surface area contributed by atoms with E-state index in [1.54, 1.807) is 31.2 Å². The number of nitrogens with zero attached hydrogens (tertiary/aromatic N) is 4. The number of carbonyl (C=O) groups excluding carboxylic acids is 1. The largest absolute Gasteiger partial charge is 0.372 e. The average molecular weight is 295 g/mol. The molecule has 0 saturated carbocycles. The minimum atomic E-state index is -0.224. The molecule has 2 aromatic heterocycles. The van der Waals surface area contributed by atoms with Gasteiger partial charge in [-0.3, -0.25) is 9.48 Å². The predicted molar refractivity (Wildman–Crippen MR) is 75.8 cm³/mol.